The van der Waals surface area contributed by atoms with Gasteiger partial charge in [-0.2, -0.15) is 0 Å². The number of aromatic nitrogens is 2. The van der Waals surface area contributed by atoms with Gasteiger partial charge in [-0.05, 0) is 12.1 Å². The Morgan fingerprint density at radius 3 is 2.14 bits per heavy atom. The predicted molar refractivity (Wildman–Crippen MR) is 134 cm³/mol. The quantitative estimate of drug-likeness (QED) is 0.399. The van der Waals surface area contributed by atoms with Gasteiger partial charge in [-0.15, -0.1) is 0 Å². The van der Waals surface area contributed by atoms with Crippen LogP contribution in [0.3, 0.4) is 0 Å². The van der Waals surface area contributed by atoms with E-state index < -0.39 is 0 Å². The number of furan rings is 1. The second-order valence-corrected chi connectivity index (χ2v) is 9.72. The molecule has 0 aliphatic carbocycles. The molecule has 2 aliphatic rings. The van der Waals surface area contributed by atoms with Gasteiger partial charge in [0, 0.05) is 79.4 Å². The van der Waals surface area contributed by atoms with E-state index in [-0.39, 0.29) is 17.7 Å². The van der Waals surface area contributed by atoms with Crippen LogP contribution < -0.4 is 4.90 Å². The maximum Gasteiger partial charge on any atom is 0.289 e. The molecule has 2 aliphatic heterocycles. The summed E-state index contributed by atoms with van der Waals surface area (Å²) in [7, 11) is 1.63. The van der Waals surface area contributed by atoms with Crippen LogP contribution in [0.5, 0.6) is 0 Å². The molecule has 194 valence electrons. The fourth-order valence-electron chi connectivity index (χ4n) is 4.24. The molecular weight excluding hydrogens is 484 g/mol. The zero-order valence-electron chi connectivity index (χ0n) is 20.9. The molecule has 36 heavy (non-hydrogen) atoms. The van der Waals surface area contributed by atoms with Crippen molar-refractivity contribution in [3.05, 3.63) is 35.4 Å². The van der Waals surface area contributed by atoms with E-state index in [1.54, 1.807) is 42.9 Å². The highest BCUT2D eigenvalue weighted by atomic mass is 32.2. The Bertz CT molecular complexity index is 1090. The molecule has 0 N–H and O–H groups in total. The van der Waals surface area contributed by atoms with Gasteiger partial charge >= 0.3 is 0 Å². The third-order valence-corrected chi connectivity index (χ3v) is 7.18. The Morgan fingerprint density at radius 2 is 1.53 bits per heavy atom. The van der Waals surface area contributed by atoms with E-state index in [0.29, 0.717) is 81.4 Å². The van der Waals surface area contributed by atoms with E-state index in [9.17, 15) is 14.4 Å². The summed E-state index contributed by atoms with van der Waals surface area (Å²) in [4.78, 5) is 52.7. The summed E-state index contributed by atoms with van der Waals surface area (Å²) < 4.78 is 11.1. The number of hydrogen-bond acceptors (Lipinski definition) is 9. The molecule has 11 nitrogen and oxygen atoms in total. The smallest absolute Gasteiger partial charge is 0.289 e. The van der Waals surface area contributed by atoms with Crippen LogP contribution in [0, 0.1) is 0 Å². The molecule has 0 spiro atoms. The Morgan fingerprint density at radius 1 is 0.917 bits per heavy atom. The topological polar surface area (TPSA) is 112 Å². The van der Waals surface area contributed by atoms with Crippen molar-refractivity contribution in [2.24, 2.45) is 0 Å². The number of ether oxygens (including phenoxy) is 1. The van der Waals surface area contributed by atoms with E-state index in [0.717, 1.165) is 11.5 Å². The normalized spacial score (nSPS) is 16.4. The van der Waals surface area contributed by atoms with Crippen molar-refractivity contribution in [3.63, 3.8) is 0 Å². The first-order valence-electron chi connectivity index (χ1n) is 12.0. The maximum atomic E-state index is 12.8. The number of anilines is 1. The van der Waals surface area contributed by atoms with Crippen molar-refractivity contribution in [1.82, 2.24) is 24.7 Å². The first-order valence-corrected chi connectivity index (χ1v) is 13.0. The van der Waals surface area contributed by atoms with Crippen molar-refractivity contribution < 1.29 is 23.5 Å². The highest BCUT2D eigenvalue weighted by molar-refractivity contribution is 7.98. The highest BCUT2D eigenvalue weighted by Crippen LogP contribution is 2.25. The van der Waals surface area contributed by atoms with Gasteiger partial charge < -0.3 is 28.8 Å². The van der Waals surface area contributed by atoms with Crippen LogP contribution in [0.4, 0.5) is 5.82 Å². The molecule has 4 heterocycles. The van der Waals surface area contributed by atoms with Crippen LogP contribution in [0.15, 0.2) is 27.8 Å². The lowest BCUT2D eigenvalue weighted by Crippen LogP contribution is -2.50. The molecule has 3 amide bonds. The number of rotatable bonds is 7. The Labute approximate surface area is 214 Å². The second kappa shape index (κ2) is 11.7. The van der Waals surface area contributed by atoms with E-state index >= 15 is 0 Å². The number of nitrogens with zero attached hydrogens (tertiary/aromatic N) is 6. The number of methoxy groups -OCH3 is 1. The monoisotopic (exact) mass is 516 g/mol. The molecule has 0 unspecified atom stereocenters. The minimum absolute atomic E-state index is 0.0256. The lowest BCUT2D eigenvalue weighted by Gasteiger charge is -2.35. The molecule has 0 atom stereocenters. The Hall–Kier alpha value is -3.12. The zero-order valence-corrected chi connectivity index (χ0v) is 21.8. The molecule has 0 bridgehead atoms. The van der Waals surface area contributed by atoms with Crippen LogP contribution in [-0.4, -0.2) is 102 Å². The lowest BCUT2D eigenvalue weighted by atomic mass is 10.3. The first kappa shape index (κ1) is 26.0. The minimum atomic E-state index is -0.167. The Balaban J connectivity index is 1.38. The largest absolute Gasteiger partial charge is 0.455 e. The third kappa shape index (κ3) is 6.35. The summed E-state index contributed by atoms with van der Waals surface area (Å²) in [5, 5.41) is 0.596. The van der Waals surface area contributed by atoms with Crippen LogP contribution in [0.1, 0.15) is 35.9 Å². The van der Waals surface area contributed by atoms with Crippen LogP contribution in [0.25, 0.3) is 0 Å². The number of amides is 3. The van der Waals surface area contributed by atoms with E-state index in [2.05, 4.69) is 9.88 Å². The predicted octanol–water partition coefficient (Wildman–Crippen LogP) is 1.48. The highest BCUT2D eigenvalue weighted by Gasteiger charge is 2.25. The summed E-state index contributed by atoms with van der Waals surface area (Å²) in [6.45, 7) is 8.29. The Kier molecular flexibility index (Phi) is 8.47. The summed E-state index contributed by atoms with van der Waals surface area (Å²) >= 11 is 1.43. The van der Waals surface area contributed by atoms with Crippen LogP contribution in [0.2, 0.25) is 0 Å². The van der Waals surface area contributed by atoms with E-state index in [1.165, 1.54) is 11.8 Å². The molecule has 0 aromatic carbocycles. The summed E-state index contributed by atoms with van der Waals surface area (Å²) in [5.74, 6) is 2.17. The lowest BCUT2D eigenvalue weighted by molar-refractivity contribution is -0.130. The first-order chi connectivity index (χ1) is 17.3. The molecule has 4 rings (SSSR count). The number of piperazine rings is 2. The summed E-state index contributed by atoms with van der Waals surface area (Å²) in [6, 6.07) is 5.41. The molecule has 2 saturated heterocycles. The second-order valence-electron chi connectivity index (χ2n) is 8.78. The summed E-state index contributed by atoms with van der Waals surface area (Å²) in [6.07, 6.45) is 0. The van der Waals surface area contributed by atoms with E-state index in [1.807, 2.05) is 11.0 Å². The van der Waals surface area contributed by atoms with Gasteiger partial charge in [-0.1, -0.05) is 11.8 Å². The average molecular weight is 517 g/mol. The van der Waals surface area contributed by atoms with Crippen molar-refractivity contribution >= 4 is 35.3 Å². The van der Waals surface area contributed by atoms with Gasteiger partial charge in [0.05, 0.1) is 18.1 Å². The van der Waals surface area contributed by atoms with Gasteiger partial charge in [0.1, 0.15) is 11.6 Å². The fraction of sp³-hybridized carbons (Fsp3) is 0.542. The SMILES string of the molecule is COCc1cc(N2CCN(C(C)=O)CC2)nc(SCc2ccc(C(=O)N3CCN(C(C)=O)CC3)o2)n1. The fourth-order valence-corrected chi connectivity index (χ4v) is 5.01. The molecule has 0 radical (unpaired) electrons. The van der Waals surface area contributed by atoms with Crippen molar-refractivity contribution in [2.75, 3.05) is 64.4 Å². The van der Waals surface area contributed by atoms with Crippen LogP contribution >= 0.6 is 11.8 Å². The number of hydrogen-bond donors (Lipinski definition) is 0. The molecular formula is C24H32N6O5S. The van der Waals surface area contributed by atoms with Crippen molar-refractivity contribution in [2.45, 2.75) is 31.4 Å². The van der Waals surface area contributed by atoms with Crippen molar-refractivity contribution in [3.8, 4) is 0 Å². The molecule has 2 aromatic heterocycles. The van der Waals surface area contributed by atoms with Gasteiger partial charge in [0.2, 0.25) is 11.8 Å². The standard InChI is InChI=1S/C24H32N6O5S/c1-17(31)27-6-10-29(11-7-27)22-14-19(15-34-3)25-24(26-22)36-16-20-4-5-21(35-20)23(33)30-12-8-28(9-13-30)18(2)32/h4-5,14H,6-13,15-16H2,1-3H3. The number of carbonyl (C=O) groups is 3. The molecule has 12 heteroatoms. The number of carbonyl (C=O) groups excluding carboxylic acids is 3. The summed E-state index contributed by atoms with van der Waals surface area (Å²) in [5.41, 5.74) is 0.777. The van der Waals surface area contributed by atoms with Gasteiger partial charge in [0.25, 0.3) is 5.91 Å². The van der Waals surface area contributed by atoms with Crippen LogP contribution in [-0.2, 0) is 26.7 Å². The van der Waals surface area contributed by atoms with Crippen molar-refractivity contribution in [1.29, 1.82) is 0 Å². The minimum Gasteiger partial charge on any atom is -0.455 e. The van der Waals surface area contributed by atoms with E-state index in [4.69, 9.17) is 14.1 Å². The average Bonchev–Trinajstić information content (AvgIpc) is 3.36. The molecule has 2 fully saturated rings. The zero-order chi connectivity index (χ0) is 25.7. The van der Waals surface area contributed by atoms with Gasteiger partial charge in [-0.3, -0.25) is 14.4 Å². The van der Waals surface area contributed by atoms with Gasteiger partial charge in [0.15, 0.2) is 10.9 Å². The maximum absolute atomic E-state index is 12.8. The molecule has 0 saturated carbocycles. The third-order valence-electron chi connectivity index (χ3n) is 6.31. The number of thioether (sulfide) groups is 1. The van der Waals surface area contributed by atoms with Gasteiger partial charge in [-0.25, -0.2) is 9.97 Å². The molecule has 2 aromatic rings.